The van der Waals surface area contributed by atoms with Gasteiger partial charge in [0.25, 0.3) is 0 Å². The molecule has 0 atom stereocenters. The van der Waals surface area contributed by atoms with Crippen LogP contribution >= 0.6 is 0 Å². The first-order chi connectivity index (χ1) is 9.20. The zero-order valence-corrected chi connectivity index (χ0v) is 12.3. The van der Waals surface area contributed by atoms with Gasteiger partial charge >= 0.3 is 0 Å². The molecule has 1 fully saturated rings. The van der Waals surface area contributed by atoms with Gasteiger partial charge in [-0.15, -0.1) is 0 Å². The maximum absolute atomic E-state index is 5.49. The van der Waals surface area contributed by atoms with Crippen molar-refractivity contribution < 1.29 is 4.74 Å². The molecule has 0 aliphatic heterocycles. The second-order valence-electron chi connectivity index (χ2n) is 5.59. The maximum Gasteiger partial charge on any atom is 0.221 e. The summed E-state index contributed by atoms with van der Waals surface area (Å²) in [4.78, 5) is 8.48. The molecule has 0 aromatic carbocycles. The predicted octanol–water partition coefficient (Wildman–Crippen LogP) is 3.42. The van der Waals surface area contributed by atoms with Gasteiger partial charge < -0.3 is 10.1 Å². The highest BCUT2D eigenvalue weighted by Crippen LogP contribution is 2.29. The van der Waals surface area contributed by atoms with Gasteiger partial charge in [-0.3, -0.25) is 0 Å². The van der Waals surface area contributed by atoms with Gasteiger partial charge in [-0.25, -0.2) is 9.97 Å². The molecule has 0 unspecified atom stereocenters. The van der Waals surface area contributed by atoms with E-state index in [9.17, 15) is 0 Å². The second kappa shape index (κ2) is 6.73. The second-order valence-corrected chi connectivity index (χ2v) is 5.59. The average Bonchev–Trinajstić information content (AvgIpc) is 2.42. The van der Waals surface area contributed by atoms with Crippen molar-refractivity contribution >= 4 is 5.82 Å². The molecule has 0 radical (unpaired) electrons. The molecule has 1 aliphatic rings. The van der Waals surface area contributed by atoms with E-state index in [1.54, 1.807) is 6.33 Å². The predicted molar refractivity (Wildman–Crippen MR) is 77.5 cm³/mol. The molecule has 2 rings (SSSR count). The minimum absolute atomic E-state index is 0.637. The van der Waals surface area contributed by atoms with Crippen LogP contribution in [0, 0.1) is 18.8 Å². The summed E-state index contributed by atoms with van der Waals surface area (Å²) in [6.07, 6.45) is 6.95. The van der Waals surface area contributed by atoms with Crippen molar-refractivity contribution in [3.8, 4) is 5.88 Å². The fraction of sp³-hybridized carbons (Fsp3) is 0.733. The summed E-state index contributed by atoms with van der Waals surface area (Å²) in [5, 5.41) is 3.47. The van der Waals surface area contributed by atoms with Crippen LogP contribution in [-0.2, 0) is 0 Å². The molecule has 1 aromatic rings. The quantitative estimate of drug-likeness (QED) is 0.884. The molecular formula is C15H25N3O. The van der Waals surface area contributed by atoms with Crippen molar-refractivity contribution in [2.24, 2.45) is 11.8 Å². The monoisotopic (exact) mass is 263 g/mol. The van der Waals surface area contributed by atoms with Gasteiger partial charge in [0.05, 0.1) is 12.2 Å². The molecular weight excluding hydrogens is 238 g/mol. The van der Waals surface area contributed by atoms with Crippen LogP contribution in [0.2, 0.25) is 0 Å². The molecule has 4 heteroatoms. The first-order valence-corrected chi connectivity index (χ1v) is 7.39. The lowest BCUT2D eigenvalue weighted by atomic mass is 9.83. The molecule has 1 N–H and O–H groups in total. The first-order valence-electron chi connectivity index (χ1n) is 7.39. The standard InChI is InChI=1S/C15H25N3O/c1-4-19-15-12(3)14(17-10-18-15)16-9-13-7-5-11(2)6-8-13/h10-11,13H,4-9H2,1-3H3,(H,16,17,18). The van der Waals surface area contributed by atoms with Gasteiger partial charge in [-0.2, -0.15) is 0 Å². The minimum atomic E-state index is 0.637. The van der Waals surface area contributed by atoms with Crippen molar-refractivity contribution in [1.82, 2.24) is 9.97 Å². The minimum Gasteiger partial charge on any atom is -0.478 e. The van der Waals surface area contributed by atoms with Crippen LogP contribution in [0.3, 0.4) is 0 Å². The van der Waals surface area contributed by atoms with Gasteiger partial charge in [0.15, 0.2) is 0 Å². The number of rotatable bonds is 5. The molecule has 106 valence electrons. The normalized spacial score (nSPS) is 23.1. The van der Waals surface area contributed by atoms with Gasteiger partial charge in [-0.1, -0.05) is 19.8 Å². The maximum atomic E-state index is 5.49. The van der Waals surface area contributed by atoms with E-state index in [1.165, 1.54) is 25.7 Å². The Bertz CT molecular complexity index is 400. The van der Waals surface area contributed by atoms with Crippen molar-refractivity contribution in [2.45, 2.75) is 46.5 Å². The topological polar surface area (TPSA) is 47.0 Å². The molecule has 1 aliphatic carbocycles. The van der Waals surface area contributed by atoms with E-state index in [4.69, 9.17) is 4.74 Å². The zero-order valence-electron chi connectivity index (χ0n) is 12.3. The Labute approximate surface area is 116 Å². The van der Waals surface area contributed by atoms with Crippen LogP contribution in [0.1, 0.15) is 45.1 Å². The van der Waals surface area contributed by atoms with Gasteiger partial charge in [-0.05, 0) is 38.5 Å². The largest absolute Gasteiger partial charge is 0.478 e. The van der Waals surface area contributed by atoms with Crippen LogP contribution < -0.4 is 10.1 Å². The molecule has 1 heterocycles. The Morgan fingerprint density at radius 1 is 1.26 bits per heavy atom. The summed E-state index contributed by atoms with van der Waals surface area (Å²) in [5.74, 6) is 3.29. The molecule has 0 spiro atoms. The van der Waals surface area contributed by atoms with Crippen LogP contribution in [0.25, 0.3) is 0 Å². The molecule has 0 saturated heterocycles. The Kier molecular flexibility index (Phi) is 5.00. The number of anilines is 1. The molecule has 0 bridgehead atoms. The van der Waals surface area contributed by atoms with Crippen molar-refractivity contribution in [3.63, 3.8) is 0 Å². The smallest absolute Gasteiger partial charge is 0.221 e. The van der Waals surface area contributed by atoms with Crippen LogP contribution in [-0.4, -0.2) is 23.1 Å². The summed E-state index contributed by atoms with van der Waals surface area (Å²) in [6, 6.07) is 0. The summed E-state index contributed by atoms with van der Waals surface area (Å²) < 4.78 is 5.49. The van der Waals surface area contributed by atoms with Gasteiger partial charge in [0, 0.05) is 6.54 Å². The van der Waals surface area contributed by atoms with Crippen molar-refractivity contribution in [1.29, 1.82) is 0 Å². The van der Waals surface area contributed by atoms with Crippen LogP contribution in [0.4, 0.5) is 5.82 Å². The summed E-state index contributed by atoms with van der Waals surface area (Å²) in [7, 11) is 0. The number of aromatic nitrogens is 2. The third-order valence-corrected chi connectivity index (χ3v) is 4.01. The highest BCUT2D eigenvalue weighted by molar-refractivity contribution is 5.47. The van der Waals surface area contributed by atoms with E-state index >= 15 is 0 Å². The molecule has 4 nitrogen and oxygen atoms in total. The highest BCUT2D eigenvalue weighted by Gasteiger charge is 2.18. The summed E-state index contributed by atoms with van der Waals surface area (Å²) in [6.45, 7) is 7.98. The Morgan fingerprint density at radius 3 is 2.68 bits per heavy atom. The lowest BCUT2D eigenvalue weighted by molar-refractivity contribution is 0.300. The van der Waals surface area contributed by atoms with E-state index in [0.29, 0.717) is 12.5 Å². The SMILES string of the molecule is CCOc1ncnc(NCC2CCC(C)CC2)c1C. The average molecular weight is 263 g/mol. The number of nitrogens with one attached hydrogen (secondary N) is 1. The van der Waals surface area contributed by atoms with E-state index in [2.05, 4.69) is 22.2 Å². The first kappa shape index (κ1) is 14.1. The Hall–Kier alpha value is -1.32. The molecule has 1 saturated carbocycles. The lowest BCUT2D eigenvalue weighted by Crippen LogP contribution is -2.21. The molecule has 0 amide bonds. The van der Waals surface area contributed by atoms with E-state index < -0.39 is 0 Å². The van der Waals surface area contributed by atoms with Gasteiger partial charge in [0.2, 0.25) is 5.88 Å². The fourth-order valence-electron chi connectivity index (χ4n) is 2.67. The van der Waals surface area contributed by atoms with Crippen LogP contribution in [0.15, 0.2) is 6.33 Å². The Morgan fingerprint density at radius 2 is 2.00 bits per heavy atom. The number of hydrogen-bond acceptors (Lipinski definition) is 4. The third-order valence-electron chi connectivity index (χ3n) is 4.01. The van der Waals surface area contributed by atoms with Crippen molar-refractivity contribution in [2.75, 3.05) is 18.5 Å². The fourth-order valence-corrected chi connectivity index (χ4v) is 2.67. The lowest BCUT2D eigenvalue weighted by Gasteiger charge is -2.26. The summed E-state index contributed by atoms with van der Waals surface area (Å²) >= 11 is 0. The molecule has 1 aromatic heterocycles. The zero-order chi connectivity index (χ0) is 13.7. The highest BCUT2D eigenvalue weighted by atomic mass is 16.5. The number of hydrogen-bond donors (Lipinski definition) is 1. The van der Waals surface area contributed by atoms with Crippen LogP contribution in [0.5, 0.6) is 5.88 Å². The number of nitrogens with zero attached hydrogens (tertiary/aromatic N) is 2. The van der Waals surface area contributed by atoms with E-state index in [-0.39, 0.29) is 0 Å². The Balaban J connectivity index is 1.90. The van der Waals surface area contributed by atoms with E-state index in [1.807, 2.05) is 13.8 Å². The van der Waals surface area contributed by atoms with Crippen molar-refractivity contribution in [3.05, 3.63) is 11.9 Å². The molecule has 19 heavy (non-hydrogen) atoms. The van der Waals surface area contributed by atoms with Gasteiger partial charge in [0.1, 0.15) is 12.1 Å². The summed E-state index contributed by atoms with van der Waals surface area (Å²) in [5.41, 5.74) is 1.01. The third kappa shape index (κ3) is 3.82. The van der Waals surface area contributed by atoms with E-state index in [0.717, 1.165) is 29.8 Å². The number of ether oxygens (including phenoxy) is 1.